The maximum absolute atomic E-state index is 5.39. The summed E-state index contributed by atoms with van der Waals surface area (Å²) in [6.45, 7) is 11.8. The van der Waals surface area contributed by atoms with E-state index in [1.807, 2.05) is 10.9 Å². The zero-order valence-corrected chi connectivity index (χ0v) is 12.4. The zero-order chi connectivity index (χ0) is 13.5. The number of nitrogens with zero attached hydrogens (tertiary/aromatic N) is 2. The van der Waals surface area contributed by atoms with E-state index in [0.717, 1.165) is 31.8 Å². The number of nitrogens with one attached hydrogen (secondary N) is 1. The molecule has 104 valence electrons. The monoisotopic (exact) mass is 253 g/mol. The molecule has 0 bridgehead atoms. The molecule has 1 heterocycles. The summed E-state index contributed by atoms with van der Waals surface area (Å²) >= 11 is 0. The molecule has 4 heteroatoms. The van der Waals surface area contributed by atoms with E-state index in [2.05, 4.69) is 38.1 Å². The highest BCUT2D eigenvalue weighted by molar-refractivity contribution is 5.28. The van der Waals surface area contributed by atoms with Gasteiger partial charge in [-0.2, -0.15) is 5.10 Å². The summed E-state index contributed by atoms with van der Waals surface area (Å²) in [5.74, 6) is 2.08. The molecule has 0 spiro atoms. The van der Waals surface area contributed by atoms with Gasteiger partial charge in [-0.05, 0) is 32.4 Å². The Hall–Kier alpha value is -1.03. The summed E-state index contributed by atoms with van der Waals surface area (Å²) in [5, 5.41) is 7.84. The van der Waals surface area contributed by atoms with Crippen molar-refractivity contribution in [2.75, 3.05) is 20.2 Å². The normalized spacial score (nSPS) is 13.0. The zero-order valence-electron chi connectivity index (χ0n) is 12.4. The van der Waals surface area contributed by atoms with Gasteiger partial charge in [0.05, 0.1) is 19.0 Å². The predicted octanol–water partition coefficient (Wildman–Crippen LogP) is 2.65. The van der Waals surface area contributed by atoms with Gasteiger partial charge in [-0.1, -0.05) is 20.8 Å². The molecule has 0 saturated carbocycles. The van der Waals surface area contributed by atoms with Crippen molar-refractivity contribution in [3.05, 3.63) is 11.9 Å². The van der Waals surface area contributed by atoms with Gasteiger partial charge in [0.2, 0.25) is 0 Å². The molecule has 1 atom stereocenters. The van der Waals surface area contributed by atoms with Crippen LogP contribution in [0.2, 0.25) is 0 Å². The Kier molecular flexibility index (Phi) is 6.19. The van der Waals surface area contributed by atoms with Crippen molar-refractivity contribution in [2.45, 2.75) is 46.6 Å². The number of ether oxygens (including phenoxy) is 1. The lowest BCUT2D eigenvalue weighted by Crippen LogP contribution is -2.22. The first-order valence-corrected chi connectivity index (χ1v) is 6.90. The van der Waals surface area contributed by atoms with Crippen LogP contribution < -0.4 is 10.1 Å². The summed E-state index contributed by atoms with van der Waals surface area (Å²) in [6, 6.07) is 0. The second-order valence-electron chi connectivity index (χ2n) is 5.20. The predicted molar refractivity (Wildman–Crippen MR) is 75.2 cm³/mol. The van der Waals surface area contributed by atoms with Crippen molar-refractivity contribution in [3.63, 3.8) is 0 Å². The molecule has 1 unspecified atom stereocenters. The van der Waals surface area contributed by atoms with Crippen molar-refractivity contribution in [3.8, 4) is 5.75 Å². The smallest absolute Gasteiger partial charge is 0.160 e. The molecule has 0 amide bonds. The Bertz CT molecular complexity index is 325. The van der Waals surface area contributed by atoms with Gasteiger partial charge in [0.25, 0.3) is 0 Å². The first-order chi connectivity index (χ1) is 8.60. The first kappa shape index (κ1) is 15.0. The van der Waals surface area contributed by atoms with Gasteiger partial charge < -0.3 is 10.1 Å². The Morgan fingerprint density at radius 1 is 1.39 bits per heavy atom. The molecule has 0 saturated heterocycles. The van der Waals surface area contributed by atoms with Gasteiger partial charge in [0, 0.05) is 12.5 Å². The topological polar surface area (TPSA) is 39.1 Å². The van der Waals surface area contributed by atoms with Crippen molar-refractivity contribution >= 4 is 0 Å². The number of rotatable bonds is 8. The Morgan fingerprint density at radius 3 is 2.67 bits per heavy atom. The molecule has 1 aromatic rings. The van der Waals surface area contributed by atoms with Crippen LogP contribution in [0.5, 0.6) is 5.75 Å². The number of hydrogen-bond acceptors (Lipinski definition) is 3. The third-order valence-electron chi connectivity index (χ3n) is 3.14. The quantitative estimate of drug-likeness (QED) is 0.724. The summed E-state index contributed by atoms with van der Waals surface area (Å²) in [4.78, 5) is 0. The number of aromatic nitrogens is 2. The van der Waals surface area contributed by atoms with E-state index in [9.17, 15) is 0 Å². The van der Waals surface area contributed by atoms with Crippen LogP contribution in [-0.4, -0.2) is 30.0 Å². The Balaban J connectivity index is 2.54. The van der Waals surface area contributed by atoms with Gasteiger partial charge in [-0.3, -0.25) is 4.68 Å². The lowest BCUT2D eigenvalue weighted by atomic mass is 10.0. The molecule has 0 fully saturated rings. The number of aryl methyl sites for hydroxylation is 1. The Labute approximate surface area is 111 Å². The lowest BCUT2D eigenvalue weighted by molar-refractivity contribution is 0.399. The van der Waals surface area contributed by atoms with E-state index >= 15 is 0 Å². The highest BCUT2D eigenvalue weighted by atomic mass is 16.5. The van der Waals surface area contributed by atoms with E-state index in [1.165, 1.54) is 5.69 Å². The molecule has 0 aliphatic heterocycles. The van der Waals surface area contributed by atoms with Crippen LogP contribution in [0.15, 0.2) is 6.20 Å². The van der Waals surface area contributed by atoms with Crippen LogP contribution >= 0.6 is 0 Å². The van der Waals surface area contributed by atoms with Crippen molar-refractivity contribution in [2.24, 2.45) is 5.92 Å². The standard InChI is InChI=1S/C14H27N3O/c1-6-17-14(13(18-5)10-16-17)12(4)7-8-15-9-11(2)3/h10-12,15H,6-9H2,1-5H3. The molecule has 4 nitrogen and oxygen atoms in total. The average Bonchev–Trinajstić information content (AvgIpc) is 2.76. The second-order valence-corrected chi connectivity index (χ2v) is 5.20. The molecule has 1 aromatic heterocycles. The van der Waals surface area contributed by atoms with Crippen LogP contribution in [0.3, 0.4) is 0 Å². The van der Waals surface area contributed by atoms with Crippen LogP contribution in [0.1, 0.15) is 45.7 Å². The minimum Gasteiger partial charge on any atom is -0.493 e. The molecule has 1 N–H and O–H groups in total. The maximum Gasteiger partial charge on any atom is 0.160 e. The molecule has 0 aliphatic carbocycles. The molecular formula is C14H27N3O. The van der Waals surface area contributed by atoms with E-state index in [1.54, 1.807) is 7.11 Å². The van der Waals surface area contributed by atoms with E-state index in [0.29, 0.717) is 11.8 Å². The van der Waals surface area contributed by atoms with Gasteiger partial charge >= 0.3 is 0 Å². The van der Waals surface area contributed by atoms with Gasteiger partial charge in [-0.15, -0.1) is 0 Å². The summed E-state index contributed by atoms with van der Waals surface area (Å²) in [5.41, 5.74) is 1.21. The minimum atomic E-state index is 0.460. The fraction of sp³-hybridized carbons (Fsp3) is 0.786. The maximum atomic E-state index is 5.39. The summed E-state index contributed by atoms with van der Waals surface area (Å²) in [6.07, 6.45) is 2.92. The summed E-state index contributed by atoms with van der Waals surface area (Å²) in [7, 11) is 1.71. The lowest BCUT2D eigenvalue weighted by Gasteiger charge is -2.16. The Morgan fingerprint density at radius 2 is 2.11 bits per heavy atom. The largest absolute Gasteiger partial charge is 0.493 e. The SMILES string of the molecule is CCn1ncc(OC)c1C(C)CCNCC(C)C. The fourth-order valence-electron chi connectivity index (χ4n) is 2.13. The molecule has 0 radical (unpaired) electrons. The van der Waals surface area contributed by atoms with Gasteiger partial charge in [0.1, 0.15) is 0 Å². The van der Waals surface area contributed by atoms with Crippen LogP contribution in [0.25, 0.3) is 0 Å². The third-order valence-corrected chi connectivity index (χ3v) is 3.14. The average molecular weight is 253 g/mol. The third kappa shape index (κ3) is 4.02. The minimum absolute atomic E-state index is 0.460. The summed E-state index contributed by atoms with van der Waals surface area (Å²) < 4.78 is 7.42. The van der Waals surface area contributed by atoms with Crippen molar-refractivity contribution < 1.29 is 4.74 Å². The van der Waals surface area contributed by atoms with E-state index < -0.39 is 0 Å². The van der Waals surface area contributed by atoms with Crippen molar-refractivity contribution in [1.29, 1.82) is 0 Å². The molecule has 1 rings (SSSR count). The first-order valence-electron chi connectivity index (χ1n) is 6.90. The molecule has 18 heavy (non-hydrogen) atoms. The van der Waals surface area contributed by atoms with Crippen LogP contribution in [0, 0.1) is 5.92 Å². The van der Waals surface area contributed by atoms with Crippen LogP contribution in [-0.2, 0) is 6.54 Å². The van der Waals surface area contributed by atoms with Crippen molar-refractivity contribution in [1.82, 2.24) is 15.1 Å². The fourth-order valence-corrected chi connectivity index (χ4v) is 2.13. The van der Waals surface area contributed by atoms with E-state index in [-0.39, 0.29) is 0 Å². The molecular weight excluding hydrogens is 226 g/mol. The highest BCUT2D eigenvalue weighted by Gasteiger charge is 2.17. The molecule has 0 aliphatic rings. The highest BCUT2D eigenvalue weighted by Crippen LogP contribution is 2.28. The number of methoxy groups -OCH3 is 1. The second kappa shape index (κ2) is 7.41. The number of hydrogen-bond donors (Lipinski definition) is 1. The van der Waals surface area contributed by atoms with Gasteiger partial charge in [0.15, 0.2) is 5.75 Å². The molecule has 0 aromatic carbocycles. The van der Waals surface area contributed by atoms with E-state index in [4.69, 9.17) is 4.74 Å². The van der Waals surface area contributed by atoms with Crippen LogP contribution in [0.4, 0.5) is 0 Å². The van der Waals surface area contributed by atoms with Gasteiger partial charge in [-0.25, -0.2) is 0 Å².